The van der Waals surface area contributed by atoms with Crippen LogP contribution >= 0.6 is 0 Å². The third-order valence-corrected chi connectivity index (χ3v) is 3.60. The summed E-state index contributed by atoms with van der Waals surface area (Å²) < 4.78 is 11.8. The Labute approximate surface area is 91.6 Å². The third kappa shape index (κ3) is 3.47. The highest BCUT2D eigenvalue weighted by atomic mass is 32.2. The van der Waals surface area contributed by atoms with Crippen LogP contribution in [0.3, 0.4) is 0 Å². The van der Waals surface area contributed by atoms with E-state index in [0.717, 1.165) is 16.0 Å². The van der Waals surface area contributed by atoms with Crippen LogP contribution in [0.4, 0.5) is 0 Å². The van der Waals surface area contributed by atoms with E-state index in [1.54, 1.807) is 0 Å². The first-order chi connectivity index (χ1) is 7.00. The first-order valence-electron chi connectivity index (χ1n) is 4.68. The van der Waals surface area contributed by atoms with E-state index in [0.29, 0.717) is 0 Å². The molecule has 82 valence electrons. The van der Waals surface area contributed by atoms with E-state index in [1.807, 2.05) is 32.0 Å². The molecule has 0 amide bonds. The number of benzene rings is 1. The maximum Gasteiger partial charge on any atom is 0.304 e. The molecule has 0 spiro atoms. The predicted molar refractivity (Wildman–Crippen MR) is 59.4 cm³/mol. The molecule has 0 radical (unpaired) electrons. The Balaban J connectivity index is 2.81. The highest BCUT2D eigenvalue weighted by Gasteiger charge is 2.09. The van der Waals surface area contributed by atoms with Crippen LogP contribution < -0.4 is 0 Å². The second-order valence-electron chi connectivity index (χ2n) is 3.46. The van der Waals surface area contributed by atoms with Gasteiger partial charge in [0.15, 0.2) is 0 Å². The molecule has 0 fully saturated rings. The van der Waals surface area contributed by atoms with Gasteiger partial charge in [0.1, 0.15) is 0 Å². The van der Waals surface area contributed by atoms with Crippen LogP contribution in [-0.2, 0) is 15.6 Å². The molecule has 3 nitrogen and oxygen atoms in total. The number of hydrogen-bond acceptors (Lipinski definition) is 2. The fourth-order valence-electron chi connectivity index (χ4n) is 1.24. The van der Waals surface area contributed by atoms with Crippen LogP contribution in [0.5, 0.6) is 0 Å². The predicted octanol–water partition coefficient (Wildman–Crippen LogP) is 1.89. The summed E-state index contributed by atoms with van der Waals surface area (Å²) in [6.45, 7) is 3.81. The van der Waals surface area contributed by atoms with E-state index in [4.69, 9.17) is 5.11 Å². The van der Waals surface area contributed by atoms with Gasteiger partial charge in [-0.1, -0.05) is 12.1 Å². The summed E-state index contributed by atoms with van der Waals surface area (Å²) in [4.78, 5) is 11.1. The van der Waals surface area contributed by atoms with Gasteiger partial charge in [-0.05, 0) is 31.0 Å². The smallest absolute Gasteiger partial charge is 0.304 e. The monoisotopic (exact) mass is 226 g/mol. The van der Waals surface area contributed by atoms with Gasteiger partial charge in [0.25, 0.3) is 0 Å². The average Bonchev–Trinajstić information content (AvgIpc) is 2.18. The van der Waals surface area contributed by atoms with Crippen LogP contribution in [0.15, 0.2) is 23.1 Å². The van der Waals surface area contributed by atoms with Crippen molar-refractivity contribution in [2.45, 2.75) is 25.2 Å². The molecule has 1 aromatic rings. The Bertz CT molecular complexity index is 399. The quantitative estimate of drug-likeness (QED) is 0.853. The first kappa shape index (κ1) is 11.9. The molecule has 0 bridgehead atoms. The largest absolute Gasteiger partial charge is 0.481 e. The maximum atomic E-state index is 11.8. The van der Waals surface area contributed by atoms with Gasteiger partial charge in [0, 0.05) is 10.6 Å². The number of carbonyl (C=O) groups is 1. The second-order valence-corrected chi connectivity index (χ2v) is 5.00. The number of carboxylic acid groups (broad SMARTS) is 1. The summed E-state index contributed by atoms with van der Waals surface area (Å²) in [6, 6.07) is 5.71. The lowest BCUT2D eigenvalue weighted by Gasteiger charge is -2.05. The average molecular weight is 226 g/mol. The van der Waals surface area contributed by atoms with E-state index in [9.17, 15) is 9.00 Å². The molecular formula is C11H14O3S. The van der Waals surface area contributed by atoms with Crippen molar-refractivity contribution in [2.75, 3.05) is 5.75 Å². The third-order valence-electron chi connectivity index (χ3n) is 2.09. The van der Waals surface area contributed by atoms with Crippen molar-refractivity contribution in [3.05, 3.63) is 29.3 Å². The van der Waals surface area contributed by atoms with E-state index in [2.05, 4.69) is 0 Å². The fraction of sp³-hybridized carbons (Fsp3) is 0.364. The minimum absolute atomic E-state index is 0.0556. The van der Waals surface area contributed by atoms with Crippen molar-refractivity contribution in [3.8, 4) is 0 Å². The molecule has 1 N–H and O–H groups in total. The molecule has 0 heterocycles. The molecule has 1 aromatic carbocycles. The molecule has 0 saturated heterocycles. The standard InChI is InChI=1S/C11H14O3S/c1-8-3-4-9(2)10(7-8)15(14)6-5-11(12)13/h3-4,7H,5-6H2,1-2H3,(H,12,13). The van der Waals surface area contributed by atoms with Crippen molar-refractivity contribution in [2.24, 2.45) is 0 Å². The van der Waals surface area contributed by atoms with Crippen LogP contribution in [0.25, 0.3) is 0 Å². The number of aryl methyl sites for hydroxylation is 2. The van der Waals surface area contributed by atoms with Crippen LogP contribution in [-0.4, -0.2) is 21.0 Å². The van der Waals surface area contributed by atoms with Gasteiger partial charge in [-0.15, -0.1) is 0 Å². The Morgan fingerprint density at radius 2 is 2.07 bits per heavy atom. The summed E-state index contributed by atoms with van der Waals surface area (Å²) in [6.07, 6.45) is -0.0556. The van der Waals surface area contributed by atoms with Crippen molar-refractivity contribution in [1.82, 2.24) is 0 Å². The minimum Gasteiger partial charge on any atom is -0.481 e. The van der Waals surface area contributed by atoms with E-state index >= 15 is 0 Å². The molecule has 1 unspecified atom stereocenters. The second kappa shape index (κ2) is 5.07. The molecule has 15 heavy (non-hydrogen) atoms. The van der Waals surface area contributed by atoms with Crippen LogP contribution in [0.2, 0.25) is 0 Å². The van der Waals surface area contributed by atoms with Crippen molar-refractivity contribution in [1.29, 1.82) is 0 Å². The van der Waals surface area contributed by atoms with Crippen molar-refractivity contribution < 1.29 is 14.1 Å². The van der Waals surface area contributed by atoms with Gasteiger partial charge in [-0.3, -0.25) is 9.00 Å². The normalized spacial score (nSPS) is 12.4. The van der Waals surface area contributed by atoms with Gasteiger partial charge in [-0.25, -0.2) is 0 Å². The molecule has 0 aliphatic rings. The summed E-state index contributed by atoms with van der Waals surface area (Å²) in [7, 11) is -1.21. The summed E-state index contributed by atoms with van der Waals surface area (Å²) in [5.74, 6) is -0.728. The van der Waals surface area contributed by atoms with E-state index < -0.39 is 16.8 Å². The minimum atomic E-state index is -1.21. The first-order valence-corrected chi connectivity index (χ1v) is 6.00. The van der Waals surface area contributed by atoms with E-state index in [-0.39, 0.29) is 12.2 Å². The highest BCUT2D eigenvalue weighted by Crippen LogP contribution is 2.15. The van der Waals surface area contributed by atoms with Gasteiger partial charge in [-0.2, -0.15) is 0 Å². The maximum absolute atomic E-state index is 11.8. The highest BCUT2D eigenvalue weighted by molar-refractivity contribution is 7.85. The number of hydrogen-bond donors (Lipinski definition) is 1. The van der Waals surface area contributed by atoms with Gasteiger partial charge >= 0.3 is 5.97 Å². The zero-order valence-electron chi connectivity index (χ0n) is 8.82. The molecule has 1 atom stereocenters. The summed E-state index contributed by atoms with van der Waals surface area (Å²) in [5, 5.41) is 8.50. The molecule has 0 aromatic heterocycles. The topological polar surface area (TPSA) is 54.4 Å². The summed E-state index contributed by atoms with van der Waals surface area (Å²) in [5.41, 5.74) is 1.99. The van der Waals surface area contributed by atoms with Crippen LogP contribution in [0, 0.1) is 13.8 Å². The molecule has 0 aliphatic carbocycles. The van der Waals surface area contributed by atoms with E-state index in [1.165, 1.54) is 0 Å². The lowest BCUT2D eigenvalue weighted by Crippen LogP contribution is -2.06. The Morgan fingerprint density at radius 3 is 2.67 bits per heavy atom. The number of aliphatic carboxylic acids is 1. The van der Waals surface area contributed by atoms with Gasteiger partial charge in [0.05, 0.1) is 17.2 Å². The zero-order chi connectivity index (χ0) is 11.4. The lowest BCUT2D eigenvalue weighted by molar-refractivity contribution is -0.136. The van der Waals surface area contributed by atoms with Gasteiger partial charge in [0.2, 0.25) is 0 Å². The molecule has 1 rings (SSSR count). The molecule has 0 aliphatic heterocycles. The number of carboxylic acids is 1. The van der Waals surface area contributed by atoms with Crippen LogP contribution in [0.1, 0.15) is 17.5 Å². The Kier molecular flexibility index (Phi) is 4.03. The lowest BCUT2D eigenvalue weighted by atomic mass is 10.2. The molecule has 0 saturated carbocycles. The summed E-state index contributed by atoms with van der Waals surface area (Å²) >= 11 is 0. The zero-order valence-corrected chi connectivity index (χ0v) is 9.63. The number of rotatable bonds is 4. The SMILES string of the molecule is Cc1ccc(C)c(S(=O)CCC(=O)O)c1. The fourth-order valence-corrected chi connectivity index (χ4v) is 2.57. The van der Waals surface area contributed by atoms with Gasteiger partial charge < -0.3 is 5.11 Å². The Morgan fingerprint density at radius 1 is 1.40 bits per heavy atom. The Hall–Kier alpha value is -1.16. The molecular weight excluding hydrogens is 212 g/mol. The van der Waals surface area contributed by atoms with Crippen molar-refractivity contribution in [3.63, 3.8) is 0 Å². The van der Waals surface area contributed by atoms with Crippen molar-refractivity contribution >= 4 is 16.8 Å². The molecule has 4 heteroatoms.